The van der Waals surface area contributed by atoms with Gasteiger partial charge in [-0.2, -0.15) is 4.98 Å². The van der Waals surface area contributed by atoms with E-state index in [0.717, 1.165) is 0 Å². The number of hydrogen-bond acceptors (Lipinski definition) is 9. The summed E-state index contributed by atoms with van der Waals surface area (Å²) in [5, 5.41) is 0.707. The molecule has 1 amide bonds. The first-order chi connectivity index (χ1) is 18.1. The van der Waals surface area contributed by atoms with Gasteiger partial charge in [0.15, 0.2) is 5.65 Å². The summed E-state index contributed by atoms with van der Waals surface area (Å²) in [7, 11) is 0. The Morgan fingerprint density at radius 1 is 0.946 bits per heavy atom. The van der Waals surface area contributed by atoms with Gasteiger partial charge in [-0.25, -0.2) is 19.3 Å². The van der Waals surface area contributed by atoms with Gasteiger partial charge in [-0.3, -0.25) is 9.36 Å². The second kappa shape index (κ2) is 9.71. The minimum Gasteiger partial charge on any atom is -0.378 e. The monoisotopic (exact) mass is 504 g/mol. The molecule has 2 aliphatic rings. The van der Waals surface area contributed by atoms with E-state index in [4.69, 9.17) is 25.2 Å². The largest absolute Gasteiger partial charge is 0.378 e. The number of benzene rings is 1. The van der Waals surface area contributed by atoms with Crippen molar-refractivity contribution in [1.82, 2.24) is 29.4 Å². The van der Waals surface area contributed by atoms with E-state index in [9.17, 15) is 4.79 Å². The number of amides is 1. The molecule has 0 spiro atoms. The van der Waals surface area contributed by atoms with Crippen LogP contribution in [-0.2, 0) is 9.47 Å². The molecule has 37 heavy (non-hydrogen) atoms. The zero-order valence-corrected chi connectivity index (χ0v) is 20.0. The van der Waals surface area contributed by atoms with Gasteiger partial charge >= 0.3 is 0 Å². The minimum absolute atomic E-state index is 0.161. The average molecular weight is 505 g/mol. The summed E-state index contributed by atoms with van der Waals surface area (Å²) in [5.74, 6) is -0.0786. The fourth-order valence-corrected chi connectivity index (χ4v) is 4.57. The predicted octanol–water partition coefficient (Wildman–Crippen LogP) is 1.91. The Morgan fingerprint density at radius 2 is 1.65 bits per heavy atom. The van der Waals surface area contributed by atoms with Crippen LogP contribution in [0, 0.1) is 5.82 Å². The molecule has 4 aromatic rings. The molecule has 11 nitrogen and oxygen atoms in total. The van der Waals surface area contributed by atoms with E-state index in [2.05, 4.69) is 9.97 Å². The fraction of sp³-hybridized carbons (Fsp3) is 0.320. The van der Waals surface area contributed by atoms with Crippen molar-refractivity contribution in [2.45, 2.75) is 0 Å². The molecule has 0 unspecified atom stereocenters. The zero-order chi connectivity index (χ0) is 25.4. The number of nitrogens with zero attached hydrogens (tertiary/aromatic N) is 7. The van der Waals surface area contributed by atoms with Gasteiger partial charge in [0, 0.05) is 61.3 Å². The van der Waals surface area contributed by atoms with Crippen LogP contribution >= 0.6 is 0 Å². The van der Waals surface area contributed by atoms with Gasteiger partial charge in [0.25, 0.3) is 5.91 Å². The van der Waals surface area contributed by atoms with Crippen LogP contribution < -0.4 is 10.6 Å². The maximum absolute atomic E-state index is 15.5. The Kier molecular flexibility index (Phi) is 6.10. The first kappa shape index (κ1) is 23.3. The molecule has 2 aliphatic heterocycles. The summed E-state index contributed by atoms with van der Waals surface area (Å²) < 4.78 is 27.9. The number of aromatic nitrogens is 5. The lowest BCUT2D eigenvalue weighted by atomic mass is 10.1. The molecule has 5 heterocycles. The maximum Gasteiger partial charge on any atom is 0.254 e. The molecule has 3 aromatic heterocycles. The number of morpholine rings is 2. The van der Waals surface area contributed by atoms with Crippen LogP contribution in [0.4, 0.5) is 16.3 Å². The Hall–Kier alpha value is -4.16. The van der Waals surface area contributed by atoms with Gasteiger partial charge in [-0.05, 0) is 24.3 Å². The van der Waals surface area contributed by atoms with Crippen LogP contribution in [0.3, 0.4) is 0 Å². The Labute approximate surface area is 211 Å². The molecule has 1 aromatic carbocycles. The van der Waals surface area contributed by atoms with Gasteiger partial charge in [0.05, 0.1) is 37.8 Å². The highest BCUT2D eigenvalue weighted by molar-refractivity contribution is 5.95. The summed E-state index contributed by atoms with van der Waals surface area (Å²) in [6, 6.07) is 6.35. The van der Waals surface area contributed by atoms with E-state index in [-0.39, 0.29) is 17.5 Å². The van der Waals surface area contributed by atoms with Crippen molar-refractivity contribution >= 4 is 28.8 Å². The Balaban J connectivity index is 1.43. The van der Waals surface area contributed by atoms with Crippen LogP contribution in [0.1, 0.15) is 10.4 Å². The van der Waals surface area contributed by atoms with Crippen LogP contribution in [0.15, 0.2) is 42.9 Å². The van der Waals surface area contributed by atoms with E-state index < -0.39 is 5.82 Å². The summed E-state index contributed by atoms with van der Waals surface area (Å²) in [4.78, 5) is 34.4. The standard InChI is InChI=1S/C25H25FN8O3/c26-19-13-16(23(35)32-5-9-36-10-6-32)1-2-20(19)34-4-3-18-21(17-14-28-24(27)29-15-17)30-25(31-22(18)34)33-7-11-37-12-8-33/h1-4,13-15H,5-12H2,(H2,27,28,29). The number of fused-ring (bicyclic) bond motifs is 1. The second-order valence-electron chi connectivity index (χ2n) is 8.80. The molecule has 190 valence electrons. The van der Waals surface area contributed by atoms with Crippen molar-refractivity contribution in [1.29, 1.82) is 0 Å². The SMILES string of the molecule is Nc1ncc(-c2nc(N3CCOCC3)nc3c2ccn3-c2ccc(C(=O)N3CCOCC3)cc2F)cn1. The van der Waals surface area contributed by atoms with Crippen molar-refractivity contribution in [3.05, 3.63) is 54.2 Å². The third kappa shape index (κ3) is 4.45. The van der Waals surface area contributed by atoms with Crippen molar-refractivity contribution in [3.63, 3.8) is 0 Å². The van der Waals surface area contributed by atoms with E-state index in [1.807, 2.05) is 11.0 Å². The van der Waals surface area contributed by atoms with Crippen LogP contribution in [0.2, 0.25) is 0 Å². The molecule has 0 aliphatic carbocycles. The van der Waals surface area contributed by atoms with Gasteiger partial charge in [0.2, 0.25) is 11.9 Å². The number of nitrogen functional groups attached to an aromatic ring is 1. The summed E-state index contributed by atoms with van der Waals surface area (Å²) in [6.45, 7) is 4.34. The summed E-state index contributed by atoms with van der Waals surface area (Å²) in [6.07, 6.45) is 4.96. The number of carbonyl (C=O) groups is 1. The average Bonchev–Trinajstić information content (AvgIpc) is 3.37. The maximum atomic E-state index is 15.5. The Morgan fingerprint density at radius 3 is 2.35 bits per heavy atom. The molecule has 12 heteroatoms. The third-order valence-electron chi connectivity index (χ3n) is 6.52. The lowest BCUT2D eigenvalue weighted by Gasteiger charge is -2.27. The van der Waals surface area contributed by atoms with Gasteiger partial charge in [-0.15, -0.1) is 0 Å². The summed E-state index contributed by atoms with van der Waals surface area (Å²) >= 11 is 0. The second-order valence-corrected chi connectivity index (χ2v) is 8.80. The number of nitrogens with two attached hydrogens (primary N) is 1. The van der Waals surface area contributed by atoms with Crippen molar-refractivity contribution in [3.8, 4) is 16.9 Å². The van der Waals surface area contributed by atoms with E-state index >= 15 is 4.39 Å². The predicted molar refractivity (Wildman–Crippen MR) is 134 cm³/mol. The van der Waals surface area contributed by atoms with E-state index in [0.29, 0.717) is 86.4 Å². The molecule has 0 bridgehead atoms. The molecule has 0 radical (unpaired) electrons. The van der Waals surface area contributed by atoms with E-state index in [1.165, 1.54) is 6.07 Å². The highest BCUT2D eigenvalue weighted by atomic mass is 19.1. The minimum atomic E-state index is -0.527. The Bertz CT molecular complexity index is 1450. The molecule has 0 saturated carbocycles. The molecule has 2 saturated heterocycles. The molecule has 2 N–H and O–H groups in total. The highest BCUT2D eigenvalue weighted by Gasteiger charge is 2.23. The topological polar surface area (TPSA) is 125 Å². The highest BCUT2D eigenvalue weighted by Crippen LogP contribution is 2.31. The van der Waals surface area contributed by atoms with Gasteiger partial charge in [-0.1, -0.05) is 0 Å². The first-order valence-corrected chi connectivity index (χ1v) is 12.0. The van der Waals surface area contributed by atoms with Gasteiger partial charge in [0.1, 0.15) is 5.82 Å². The quantitative estimate of drug-likeness (QED) is 0.444. The van der Waals surface area contributed by atoms with E-state index in [1.54, 1.807) is 40.2 Å². The number of rotatable bonds is 4. The smallest absolute Gasteiger partial charge is 0.254 e. The molecule has 6 rings (SSSR count). The number of hydrogen-bond donors (Lipinski definition) is 1. The lowest BCUT2D eigenvalue weighted by molar-refractivity contribution is 0.0302. The molecular weight excluding hydrogens is 479 g/mol. The molecule has 0 atom stereocenters. The molecule has 2 fully saturated rings. The fourth-order valence-electron chi connectivity index (χ4n) is 4.57. The van der Waals surface area contributed by atoms with Gasteiger partial charge < -0.3 is 25.0 Å². The number of ether oxygens (including phenoxy) is 2. The third-order valence-corrected chi connectivity index (χ3v) is 6.52. The first-order valence-electron chi connectivity index (χ1n) is 12.0. The zero-order valence-electron chi connectivity index (χ0n) is 20.0. The lowest BCUT2D eigenvalue weighted by Crippen LogP contribution is -2.40. The van der Waals surface area contributed by atoms with Crippen LogP contribution in [0.5, 0.6) is 0 Å². The van der Waals surface area contributed by atoms with Crippen molar-refractivity contribution < 1.29 is 18.7 Å². The number of carbonyl (C=O) groups excluding carboxylic acids is 1. The number of halogens is 1. The van der Waals surface area contributed by atoms with Crippen molar-refractivity contribution in [2.75, 3.05) is 63.2 Å². The summed E-state index contributed by atoms with van der Waals surface area (Å²) in [5.41, 5.74) is 8.06. The molecular formula is C25H25FN8O3. The van der Waals surface area contributed by atoms with Crippen LogP contribution in [0.25, 0.3) is 28.0 Å². The number of anilines is 2. The normalized spacial score (nSPS) is 16.4. The van der Waals surface area contributed by atoms with Crippen molar-refractivity contribution in [2.24, 2.45) is 0 Å². The van der Waals surface area contributed by atoms with Crippen LogP contribution in [-0.4, -0.2) is 87.9 Å².